The van der Waals surface area contributed by atoms with Crippen molar-refractivity contribution in [1.82, 2.24) is 14.9 Å². The van der Waals surface area contributed by atoms with Gasteiger partial charge < -0.3 is 10.6 Å². The number of amides is 1. The second-order valence-electron chi connectivity index (χ2n) is 5.85. The second kappa shape index (κ2) is 4.92. The number of rotatable bonds is 2. The minimum atomic E-state index is -0.783. The second-order valence-corrected chi connectivity index (χ2v) is 5.85. The normalized spacial score (nSPS) is 27.6. The molecule has 0 aliphatic carbocycles. The zero-order valence-electron chi connectivity index (χ0n) is 11.9. The van der Waals surface area contributed by atoms with Gasteiger partial charge in [-0.3, -0.25) is 4.79 Å². The Balaban J connectivity index is 2.77. The predicted octanol–water partition coefficient (Wildman–Crippen LogP) is 0.122. The Morgan fingerprint density at radius 2 is 1.76 bits per heavy atom. The quantitative estimate of drug-likeness (QED) is 0.747. The van der Waals surface area contributed by atoms with Crippen LogP contribution >= 0.6 is 0 Å². The SMILES string of the molecule is C[C@@H]1CN(N(C)C)[C@@H](C)CN1C(=O)C(C)(C)N. The molecule has 1 amide bonds. The first-order valence-corrected chi connectivity index (χ1v) is 6.18. The van der Waals surface area contributed by atoms with Gasteiger partial charge in [0.05, 0.1) is 5.54 Å². The van der Waals surface area contributed by atoms with Crippen LogP contribution in [0.1, 0.15) is 27.7 Å². The van der Waals surface area contributed by atoms with Gasteiger partial charge in [-0.25, -0.2) is 10.0 Å². The highest BCUT2D eigenvalue weighted by atomic mass is 16.2. The molecule has 0 spiro atoms. The zero-order chi connectivity index (χ0) is 13.4. The zero-order valence-corrected chi connectivity index (χ0v) is 11.9. The molecule has 5 heteroatoms. The van der Waals surface area contributed by atoms with Gasteiger partial charge in [-0.2, -0.15) is 0 Å². The summed E-state index contributed by atoms with van der Waals surface area (Å²) in [7, 11) is 4.07. The first-order valence-electron chi connectivity index (χ1n) is 6.18. The van der Waals surface area contributed by atoms with E-state index in [1.54, 1.807) is 13.8 Å². The van der Waals surface area contributed by atoms with Crippen molar-refractivity contribution < 1.29 is 4.79 Å². The van der Waals surface area contributed by atoms with Crippen molar-refractivity contribution in [2.24, 2.45) is 5.73 Å². The molecular weight excluding hydrogens is 216 g/mol. The first-order chi connectivity index (χ1) is 7.64. The number of hydrazine groups is 1. The Morgan fingerprint density at radius 3 is 2.18 bits per heavy atom. The summed E-state index contributed by atoms with van der Waals surface area (Å²) in [5.41, 5.74) is 5.11. The fraction of sp³-hybridized carbons (Fsp3) is 0.917. The summed E-state index contributed by atoms with van der Waals surface area (Å²) in [5.74, 6) is 0.0373. The summed E-state index contributed by atoms with van der Waals surface area (Å²) in [4.78, 5) is 14.1. The molecule has 1 aliphatic heterocycles. The molecule has 5 nitrogen and oxygen atoms in total. The number of hydrogen-bond acceptors (Lipinski definition) is 4. The molecule has 2 atom stereocenters. The highest BCUT2D eigenvalue weighted by Crippen LogP contribution is 2.18. The van der Waals surface area contributed by atoms with E-state index in [1.807, 2.05) is 19.0 Å². The Morgan fingerprint density at radius 1 is 1.24 bits per heavy atom. The lowest BCUT2D eigenvalue weighted by atomic mass is 10.0. The van der Waals surface area contributed by atoms with Crippen LogP contribution in [-0.4, -0.2) is 65.6 Å². The van der Waals surface area contributed by atoms with Crippen molar-refractivity contribution in [2.45, 2.75) is 45.3 Å². The van der Waals surface area contributed by atoms with E-state index in [0.717, 1.165) is 13.1 Å². The van der Waals surface area contributed by atoms with Crippen LogP contribution < -0.4 is 5.73 Å². The first kappa shape index (κ1) is 14.4. The predicted molar refractivity (Wildman–Crippen MR) is 69.3 cm³/mol. The van der Waals surface area contributed by atoms with Gasteiger partial charge in [0.15, 0.2) is 0 Å². The fourth-order valence-corrected chi connectivity index (χ4v) is 2.32. The Bertz CT molecular complexity index is 285. The van der Waals surface area contributed by atoms with E-state index in [4.69, 9.17) is 5.73 Å². The molecule has 1 rings (SSSR count). The summed E-state index contributed by atoms with van der Waals surface area (Å²) < 4.78 is 0. The molecule has 1 heterocycles. The number of nitrogens with zero attached hydrogens (tertiary/aromatic N) is 3. The Hall–Kier alpha value is -0.650. The van der Waals surface area contributed by atoms with Gasteiger partial charge in [-0.15, -0.1) is 0 Å². The molecule has 0 aromatic heterocycles. The van der Waals surface area contributed by atoms with Gasteiger partial charge in [-0.1, -0.05) is 0 Å². The molecule has 0 bridgehead atoms. The van der Waals surface area contributed by atoms with Gasteiger partial charge >= 0.3 is 0 Å². The molecular formula is C12H26N4O. The van der Waals surface area contributed by atoms with E-state index in [2.05, 4.69) is 23.9 Å². The van der Waals surface area contributed by atoms with E-state index in [-0.39, 0.29) is 11.9 Å². The average molecular weight is 242 g/mol. The van der Waals surface area contributed by atoms with Gasteiger partial charge in [0.1, 0.15) is 0 Å². The molecule has 1 aliphatic rings. The Labute approximate surface area is 104 Å². The lowest BCUT2D eigenvalue weighted by molar-refractivity contribution is -0.148. The number of piperazine rings is 1. The topological polar surface area (TPSA) is 52.8 Å². The molecule has 0 saturated carbocycles. The lowest BCUT2D eigenvalue weighted by Crippen LogP contribution is -2.64. The third kappa shape index (κ3) is 3.18. The standard InChI is InChI=1S/C12H26N4O/c1-9-8-16(14(5)6)10(2)7-15(9)11(17)12(3,4)13/h9-10H,7-8,13H2,1-6H3/t9-,10+/m1/s1. The van der Waals surface area contributed by atoms with Crippen LogP contribution in [0.25, 0.3) is 0 Å². The van der Waals surface area contributed by atoms with Crippen LogP contribution in [0, 0.1) is 0 Å². The van der Waals surface area contributed by atoms with Crippen LogP contribution in [0.4, 0.5) is 0 Å². The van der Waals surface area contributed by atoms with E-state index < -0.39 is 5.54 Å². The summed E-state index contributed by atoms with van der Waals surface area (Å²) in [6.45, 7) is 9.34. The monoisotopic (exact) mass is 242 g/mol. The lowest BCUT2D eigenvalue weighted by Gasteiger charge is -2.47. The number of hydrogen-bond donors (Lipinski definition) is 1. The summed E-state index contributed by atoms with van der Waals surface area (Å²) in [6.07, 6.45) is 0. The summed E-state index contributed by atoms with van der Waals surface area (Å²) >= 11 is 0. The maximum atomic E-state index is 12.2. The van der Waals surface area contributed by atoms with Crippen molar-refractivity contribution in [3.05, 3.63) is 0 Å². The molecule has 0 aromatic rings. The van der Waals surface area contributed by atoms with Crippen LogP contribution in [-0.2, 0) is 4.79 Å². The Kier molecular flexibility index (Phi) is 4.17. The van der Waals surface area contributed by atoms with Crippen molar-refractivity contribution in [1.29, 1.82) is 0 Å². The van der Waals surface area contributed by atoms with E-state index in [0.29, 0.717) is 6.04 Å². The summed E-state index contributed by atoms with van der Waals surface area (Å²) in [5, 5.41) is 4.37. The smallest absolute Gasteiger partial charge is 0.242 e. The minimum Gasteiger partial charge on any atom is -0.335 e. The molecule has 100 valence electrons. The third-order valence-corrected chi connectivity index (χ3v) is 3.28. The van der Waals surface area contributed by atoms with Gasteiger partial charge in [0, 0.05) is 39.3 Å². The summed E-state index contributed by atoms with van der Waals surface area (Å²) in [6, 6.07) is 0.524. The molecule has 0 unspecified atom stereocenters. The van der Waals surface area contributed by atoms with Gasteiger partial charge in [-0.05, 0) is 27.7 Å². The minimum absolute atomic E-state index is 0.0373. The average Bonchev–Trinajstić information content (AvgIpc) is 2.18. The van der Waals surface area contributed by atoms with E-state index in [9.17, 15) is 4.79 Å². The van der Waals surface area contributed by atoms with Crippen molar-refractivity contribution in [3.63, 3.8) is 0 Å². The van der Waals surface area contributed by atoms with Crippen LogP contribution in [0.3, 0.4) is 0 Å². The van der Waals surface area contributed by atoms with Crippen LogP contribution in [0.2, 0.25) is 0 Å². The maximum Gasteiger partial charge on any atom is 0.242 e. The van der Waals surface area contributed by atoms with E-state index >= 15 is 0 Å². The van der Waals surface area contributed by atoms with Gasteiger partial charge in [0.25, 0.3) is 0 Å². The van der Waals surface area contributed by atoms with Crippen molar-refractivity contribution in [3.8, 4) is 0 Å². The third-order valence-electron chi connectivity index (χ3n) is 3.28. The number of nitrogens with two attached hydrogens (primary N) is 1. The number of carbonyl (C=O) groups is 1. The molecule has 1 fully saturated rings. The van der Waals surface area contributed by atoms with E-state index in [1.165, 1.54) is 0 Å². The maximum absolute atomic E-state index is 12.2. The largest absolute Gasteiger partial charge is 0.335 e. The highest BCUT2D eigenvalue weighted by Gasteiger charge is 2.37. The van der Waals surface area contributed by atoms with Crippen LogP contribution in [0.5, 0.6) is 0 Å². The van der Waals surface area contributed by atoms with Crippen LogP contribution in [0.15, 0.2) is 0 Å². The molecule has 0 aromatic carbocycles. The van der Waals surface area contributed by atoms with Gasteiger partial charge in [0.2, 0.25) is 5.91 Å². The molecule has 17 heavy (non-hydrogen) atoms. The number of carbonyl (C=O) groups excluding carboxylic acids is 1. The molecule has 0 radical (unpaired) electrons. The van der Waals surface area contributed by atoms with Crippen molar-refractivity contribution in [2.75, 3.05) is 27.2 Å². The molecule has 2 N–H and O–H groups in total. The highest BCUT2D eigenvalue weighted by molar-refractivity contribution is 5.85. The molecule has 1 saturated heterocycles. The van der Waals surface area contributed by atoms with Crippen molar-refractivity contribution >= 4 is 5.91 Å². The fourth-order valence-electron chi connectivity index (χ4n) is 2.32.